The van der Waals surface area contributed by atoms with Crippen LogP contribution in [0.1, 0.15) is 26.7 Å². The summed E-state index contributed by atoms with van der Waals surface area (Å²) in [6.45, 7) is 6.08. The summed E-state index contributed by atoms with van der Waals surface area (Å²) < 4.78 is 6.28. The molecule has 1 N–H and O–H groups in total. The Kier molecular flexibility index (Phi) is 6.00. The molecule has 0 aromatic heterocycles. The lowest BCUT2D eigenvalue weighted by molar-refractivity contribution is 0.592. The Morgan fingerprint density at radius 2 is 1.93 bits per heavy atom. The van der Waals surface area contributed by atoms with Crippen LogP contribution in [0.15, 0.2) is 57.9 Å². The van der Waals surface area contributed by atoms with Gasteiger partial charge in [-0.15, -0.1) is 11.6 Å². The van der Waals surface area contributed by atoms with Gasteiger partial charge in [0.1, 0.15) is 11.2 Å². The maximum atomic E-state index is 6.28. The lowest BCUT2D eigenvalue weighted by Gasteiger charge is -2.12. The number of anilines is 1. The fourth-order valence-electron chi connectivity index (χ4n) is 3.42. The minimum absolute atomic E-state index is 0.630. The Morgan fingerprint density at radius 3 is 2.72 bits per heavy atom. The molecular weight excluding hydrogens is 382 g/mol. The van der Waals surface area contributed by atoms with Crippen molar-refractivity contribution in [2.45, 2.75) is 26.7 Å². The van der Waals surface area contributed by atoms with Crippen LogP contribution in [-0.4, -0.2) is 24.0 Å². The monoisotopic (exact) mass is 407 g/mol. The predicted molar refractivity (Wildman–Crippen MR) is 122 cm³/mol. The molecule has 150 valence electrons. The smallest absolute Gasteiger partial charge is 0.155 e. The third kappa shape index (κ3) is 4.38. The van der Waals surface area contributed by atoms with Crippen molar-refractivity contribution in [1.29, 1.82) is 0 Å². The average Bonchev–Trinajstić information content (AvgIpc) is 2.72. The Bertz CT molecular complexity index is 1170. The van der Waals surface area contributed by atoms with Crippen molar-refractivity contribution in [3.8, 4) is 11.5 Å². The van der Waals surface area contributed by atoms with Crippen molar-refractivity contribution in [3.05, 3.63) is 53.9 Å². The van der Waals surface area contributed by atoms with Gasteiger partial charge in [0, 0.05) is 47.6 Å². The van der Waals surface area contributed by atoms with Gasteiger partial charge in [0.05, 0.1) is 5.36 Å². The number of aromatic nitrogens is 1. The standard InChI is InChI=1S/C24H26ClN3O/c1-16(2)10-13-27-21-15-23-24(19-7-4-3-6-18(19)21)28-20-9-8-17(14-22(20)29-23)26-12-5-11-25/h3-4,6-9,14-16,26H,5,10-13H2,1-2H3. The summed E-state index contributed by atoms with van der Waals surface area (Å²) >= 11 is 5.77. The van der Waals surface area contributed by atoms with Crippen LogP contribution >= 0.6 is 11.6 Å². The van der Waals surface area contributed by atoms with Crippen LogP contribution in [0.4, 0.5) is 5.69 Å². The van der Waals surface area contributed by atoms with Crippen LogP contribution in [-0.2, 0) is 0 Å². The van der Waals surface area contributed by atoms with Gasteiger partial charge in [-0.25, -0.2) is 4.98 Å². The number of nitrogens with one attached hydrogen (secondary N) is 1. The highest BCUT2D eigenvalue weighted by atomic mass is 35.5. The molecule has 0 amide bonds. The van der Waals surface area contributed by atoms with Gasteiger partial charge in [0.15, 0.2) is 11.3 Å². The highest BCUT2D eigenvalue weighted by Gasteiger charge is 2.14. The van der Waals surface area contributed by atoms with Gasteiger partial charge in [-0.1, -0.05) is 38.1 Å². The maximum Gasteiger partial charge on any atom is 0.155 e. The zero-order chi connectivity index (χ0) is 20.2. The second-order valence-electron chi connectivity index (χ2n) is 7.72. The molecule has 0 bridgehead atoms. The SMILES string of the molecule is CC(C)CCN=c1cc2oc3cc(NCCCCl)ccc3nc-2c2ccccc12. The third-order valence-electron chi connectivity index (χ3n) is 5.00. The van der Waals surface area contributed by atoms with Crippen molar-refractivity contribution >= 4 is 39.2 Å². The molecule has 2 aromatic carbocycles. The molecule has 29 heavy (non-hydrogen) atoms. The largest absolute Gasteiger partial charge is 0.453 e. The highest BCUT2D eigenvalue weighted by Crippen LogP contribution is 2.31. The number of halogens is 1. The number of hydrogen-bond donors (Lipinski definition) is 1. The van der Waals surface area contributed by atoms with Crippen LogP contribution in [0.25, 0.3) is 33.3 Å². The van der Waals surface area contributed by atoms with Crippen LogP contribution in [0.2, 0.25) is 0 Å². The van der Waals surface area contributed by atoms with Crippen LogP contribution in [0.5, 0.6) is 0 Å². The number of rotatable bonds is 7. The number of fused-ring (bicyclic) bond motifs is 4. The summed E-state index contributed by atoms with van der Waals surface area (Å²) in [5.41, 5.74) is 3.49. The molecule has 5 heteroatoms. The van der Waals surface area contributed by atoms with Gasteiger partial charge in [0.25, 0.3) is 0 Å². The van der Waals surface area contributed by atoms with E-state index in [1.54, 1.807) is 0 Å². The highest BCUT2D eigenvalue weighted by molar-refractivity contribution is 6.17. The first-order valence-corrected chi connectivity index (χ1v) is 10.8. The van der Waals surface area contributed by atoms with Crippen molar-refractivity contribution < 1.29 is 4.42 Å². The molecule has 0 saturated carbocycles. The van der Waals surface area contributed by atoms with Crippen LogP contribution < -0.4 is 10.7 Å². The van der Waals surface area contributed by atoms with Crippen LogP contribution in [0, 0.1) is 5.92 Å². The summed E-state index contributed by atoms with van der Waals surface area (Å²) in [5.74, 6) is 2.04. The molecule has 2 aromatic rings. The molecule has 0 saturated heterocycles. The van der Waals surface area contributed by atoms with Crippen molar-refractivity contribution in [2.75, 3.05) is 24.3 Å². The fourth-order valence-corrected chi connectivity index (χ4v) is 3.55. The Morgan fingerprint density at radius 1 is 1.10 bits per heavy atom. The zero-order valence-electron chi connectivity index (χ0n) is 16.9. The molecule has 0 fully saturated rings. The quantitative estimate of drug-likeness (QED) is 0.175. The van der Waals surface area contributed by atoms with Crippen molar-refractivity contribution in [3.63, 3.8) is 0 Å². The Balaban J connectivity index is 1.84. The molecule has 1 aliphatic heterocycles. The molecule has 2 aliphatic rings. The van der Waals surface area contributed by atoms with E-state index >= 15 is 0 Å². The van der Waals surface area contributed by atoms with Gasteiger partial charge in [-0.2, -0.15) is 0 Å². The number of nitrogens with zero attached hydrogens (tertiary/aromatic N) is 2. The minimum atomic E-state index is 0.630. The molecule has 4 nitrogen and oxygen atoms in total. The normalized spacial score (nSPS) is 12.5. The Labute approximate surface area is 176 Å². The van der Waals surface area contributed by atoms with E-state index in [2.05, 4.69) is 31.3 Å². The van der Waals surface area contributed by atoms with E-state index in [-0.39, 0.29) is 0 Å². The molecule has 0 atom stereocenters. The van der Waals surface area contributed by atoms with E-state index in [9.17, 15) is 0 Å². The lowest BCUT2D eigenvalue weighted by Crippen LogP contribution is -2.08. The van der Waals surface area contributed by atoms with E-state index < -0.39 is 0 Å². The van der Waals surface area contributed by atoms with Crippen LogP contribution in [0.3, 0.4) is 0 Å². The lowest BCUT2D eigenvalue weighted by atomic mass is 10.0. The molecular formula is C24H26ClN3O. The summed E-state index contributed by atoms with van der Waals surface area (Å²) in [4.78, 5) is 9.77. The summed E-state index contributed by atoms with van der Waals surface area (Å²) in [5, 5.41) is 6.53. The summed E-state index contributed by atoms with van der Waals surface area (Å²) in [7, 11) is 0. The van der Waals surface area contributed by atoms with E-state index in [0.717, 1.165) is 70.3 Å². The predicted octanol–water partition coefficient (Wildman–Crippen LogP) is 6.07. The zero-order valence-corrected chi connectivity index (χ0v) is 17.7. The first-order chi connectivity index (χ1) is 14.2. The molecule has 1 heterocycles. The van der Waals surface area contributed by atoms with E-state index in [1.807, 2.05) is 36.4 Å². The molecule has 0 radical (unpaired) electrons. The van der Waals surface area contributed by atoms with Gasteiger partial charge < -0.3 is 9.73 Å². The van der Waals surface area contributed by atoms with Gasteiger partial charge in [-0.3, -0.25) is 4.99 Å². The summed E-state index contributed by atoms with van der Waals surface area (Å²) in [6, 6.07) is 16.3. The van der Waals surface area contributed by atoms with E-state index in [4.69, 9.17) is 26.0 Å². The summed E-state index contributed by atoms with van der Waals surface area (Å²) in [6.07, 6.45) is 1.98. The second-order valence-corrected chi connectivity index (χ2v) is 8.10. The molecule has 4 rings (SSSR count). The average molecular weight is 408 g/mol. The Hall–Kier alpha value is -2.59. The van der Waals surface area contributed by atoms with Gasteiger partial charge in [0.2, 0.25) is 0 Å². The number of hydrogen-bond acceptors (Lipinski definition) is 4. The molecule has 0 unspecified atom stereocenters. The molecule has 0 spiro atoms. The molecule has 1 aliphatic carbocycles. The second kappa shape index (κ2) is 8.83. The fraction of sp³-hybridized carbons (Fsp3) is 0.333. The first kappa shape index (κ1) is 19.7. The third-order valence-corrected chi connectivity index (χ3v) is 5.27. The van der Waals surface area contributed by atoms with E-state index in [1.165, 1.54) is 0 Å². The first-order valence-electron chi connectivity index (χ1n) is 10.2. The van der Waals surface area contributed by atoms with Crippen molar-refractivity contribution in [2.24, 2.45) is 10.9 Å². The van der Waals surface area contributed by atoms with E-state index in [0.29, 0.717) is 11.8 Å². The maximum absolute atomic E-state index is 6.28. The number of benzene rings is 3. The van der Waals surface area contributed by atoms with Gasteiger partial charge >= 0.3 is 0 Å². The topological polar surface area (TPSA) is 50.4 Å². The minimum Gasteiger partial charge on any atom is -0.453 e. The number of alkyl halides is 1. The van der Waals surface area contributed by atoms with Gasteiger partial charge in [-0.05, 0) is 30.9 Å². The van der Waals surface area contributed by atoms with Crippen molar-refractivity contribution in [1.82, 2.24) is 4.98 Å².